The lowest BCUT2D eigenvalue weighted by Crippen LogP contribution is -2.39. The van der Waals surface area contributed by atoms with Gasteiger partial charge in [0.05, 0.1) is 7.11 Å². The Hall–Kier alpha value is -2.93. The van der Waals surface area contributed by atoms with E-state index in [2.05, 4.69) is 33.1 Å². The number of rotatable bonds is 11. The van der Waals surface area contributed by atoms with Crippen LogP contribution in [-0.4, -0.2) is 38.9 Å². The second-order valence-electron chi connectivity index (χ2n) is 6.35. The van der Waals surface area contributed by atoms with Crippen molar-refractivity contribution >= 4 is 21.8 Å². The number of carbonyl (C=O) groups excluding carboxylic acids is 1. The first-order chi connectivity index (χ1) is 14.6. The Balaban J connectivity index is 1.93. The summed E-state index contributed by atoms with van der Waals surface area (Å²) >= 11 is 3.40. The quantitative estimate of drug-likeness (QED) is 0.512. The SMILES string of the molecule is C#CCOc1ccc(CCNC(=O)[C@@H](Cc2ccc(Br)cc2)OCC#C)cc1OC. The maximum Gasteiger partial charge on any atom is 0.249 e. The molecule has 0 aliphatic carbocycles. The van der Waals surface area contributed by atoms with Gasteiger partial charge in [0.25, 0.3) is 0 Å². The Morgan fingerprint density at radius 3 is 2.43 bits per heavy atom. The van der Waals surface area contributed by atoms with Crippen LogP contribution in [0.25, 0.3) is 0 Å². The average Bonchev–Trinajstić information content (AvgIpc) is 2.76. The van der Waals surface area contributed by atoms with Crippen molar-refractivity contribution in [2.45, 2.75) is 18.9 Å². The van der Waals surface area contributed by atoms with Crippen LogP contribution in [0.2, 0.25) is 0 Å². The molecule has 0 aromatic heterocycles. The third-order valence-electron chi connectivity index (χ3n) is 4.25. The first-order valence-electron chi connectivity index (χ1n) is 9.37. The van der Waals surface area contributed by atoms with E-state index in [0.29, 0.717) is 30.9 Å². The van der Waals surface area contributed by atoms with E-state index in [1.165, 1.54) is 0 Å². The Bertz CT molecular complexity index is 912. The zero-order valence-electron chi connectivity index (χ0n) is 16.8. The molecule has 0 fully saturated rings. The highest BCUT2D eigenvalue weighted by atomic mass is 79.9. The van der Waals surface area contributed by atoms with Crippen LogP contribution in [0, 0.1) is 24.7 Å². The molecule has 2 aromatic carbocycles. The molecule has 2 aromatic rings. The van der Waals surface area contributed by atoms with Crippen molar-refractivity contribution in [2.24, 2.45) is 0 Å². The Morgan fingerprint density at radius 1 is 1.07 bits per heavy atom. The van der Waals surface area contributed by atoms with E-state index in [1.807, 2.05) is 36.4 Å². The van der Waals surface area contributed by atoms with Crippen molar-refractivity contribution in [2.75, 3.05) is 26.9 Å². The van der Waals surface area contributed by atoms with Crippen molar-refractivity contribution in [3.05, 3.63) is 58.1 Å². The molecule has 0 aliphatic heterocycles. The van der Waals surface area contributed by atoms with Crippen LogP contribution < -0.4 is 14.8 Å². The lowest BCUT2D eigenvalue weighted by molar-refractivity contribution is -0.131. The molecule has 6 heteroatoms. The highest BCUT2D eigenvalue weighted by Crippen LogP contribution is 2.28. The summed E-state index contributed by atoms with van der Waals surface area (Å²) in [5, 5.41) is 2.92. The standard InChI is InChI=1S/C24H24BrNO4/c1-4-14-29-21-11-8-19(16-22(21)28-3)12-13-26-24(27)23(30-15-5-2)17-18-6-9-20(25)10-7-18/h1-2,6-11,16,23H,12-15,17H2,3H3,(H,26,27)/t23-/m1/s1. The van der Waals surface area contributed by atoms with E-state index in [-0.39, 0.29) is 19.1 Å². The topological polar surface area (TPSA) is 56.8 Å². The number of halogens is 1. The van der Waals surface area contributed by atoms with Crippen molar-refractivity contribution in [3.8, 4) is 36.2 Å². The van der Waals surface area contributed by atoms with Gasteiger partial charge in [0.1, 0.15) is 19.3 Å². The second-order valence-corrected chi connectivity index (χ2v) is 7.27. The van der Waals surface area contributed by atoms with Gasteiger partial charge in [-0.15, -0.1) is 12.8 Å². The number of benzene rings is 2. The smallest absolute Gasteiger partial charge is 0.249 e. The zero-order valence-corrected chi connectivity index (χ0v) is 18.4. The Morgan fingerprint density at radius 2 is 1.77 bits per heavy atom. The van der Waals surface area contributed by atoms with Gasteiger partial charge >= 0.3 is 0 Å². The summed E-state index contributed by atoms with van der Waals surface area (Å²) in [5.41, 5.74) is 1.98. The third-order valence-corrected chi connectivity index (χ3v) is 4.78. The molecule has 0 radical (unpaired) electrons. The molecule has 30 heavy (non-hydrogen) atoms. The molecule has 1 amide bonds. The van der Waals surface area contributed by atoms with Gasteiger partial charge in [-0.2, -0.15) is 0 Å². The summed E-state index contributed by atoms with van der Waals surface area (Å²) in [5.74, 6) is 5.82. The minimum Gasteiger partial charge on any atom is -0.493 e. The van der Waals surface area contributed by atoms with Gasteiger partial charge in [0.2, 0.25) is 5.91 Å². The van der Waals surface area contributed by atoms with Crippen molar-refractivity contribution in [1.82, 2.24) is 5.32 Å². The summed E-state index contributed by atoms with van der Waals surface area (Å²) in [7, 11) is 1.57. The summed E-state index contributed by atoms with van der Waals surface area (Å²) in [6.45, 7) is 0.691. The van der Waals surface area contributed by atoms with Gasteiger partial charge in [0, 0.05) is 17.4 Å². The van der Waals surface area contributed by atoms with Gasteiger partial charge in [-0.1, -0.05) is 46.0 Å². The van der Waals surface area contributed by atoms with Crippen LogP contribution in [0.15, 0.2) is 46.9 Å². The van der Waals surface area contributed by atoms with Crippen molar-refractivity contribution in [3.63, 3.8) is 0 Å². The molecule has 156 valence electrons. The van der Waals surface area contributed by atoms with Crippen LogP contribution in [0.5, 0.6) is 11.5 Å². The summed E-state index contributed by atoms with van der Waals surface area (Å²) in [4.78, 5) is 12.6. The number of terminal acetylenes is 2. The Kier molecular flexibility index (Phi) is 9.80. The number of methoxy groups -OCH3 is 1. The number of carbonyl (C=O) groups is 1. The van der Waals surface area contributed by atoms with Crippen LogP contribution >= 0.6 is 15.9 Å². The number of hydrogen-bond acceptors (Lipinski definition) is 4. The van der Waals surface area contributed by atoms with Crippen molar-refractivity contribution in [1.29, 1.82) is 0 Å². The van der Waals surface area contributed by atoms with Gasteiger partial charge in [-0.3, -0.25) is 4.79 Å². The molecule has 5 nitrogen and oxygen atoms in total. The maximum atomic E-state index is 12.6. The molecule has 0 unspecified atom stereocenters. The van der Waals surface area contributed by atoms with Crippen molar-refractivity contribution < 1.29 is 19.0 Å². The summed E-state index contributed by atoms with van der Waals surface area (Å²) in [6.07, 6.45) is 10.9. The fourth-order valence-electron chi connectivity index (χ4n) is 2.76. The number of amides is 1. The van der Waals surface area contributed by atoms with Gasteiger partial charge in [-0.05, 0) is 41.8 Å². The minimum atomic E-state index is -0.656. The molecule has 0 spiro atoms. The molecular formula is C24H24BrNO4. The first kappa shape index (κ1) is 23.3. The third kappa shape index (κ3) is 7.48. The van der Waals surface area contributed by atoms with E-state index in [0.717, 1.165) is 15.6 Å². The van der Waals surface area contributed by atoms with Crippen LogP contribution in [0.4, 0.5) is 0 Å². The van der Waals surface area contributed by atoms with Gasteiger partial charge < -0.3 is 19.5 Å². The maximum absolute atomic E-state index is 12.6. The monoisotopic (exact) mass is 469 g/mol. The predicted octanol–water partition coefficient (Wildman–Crippen LogP) is 3.39. The minimum absolute atomic E-state index is 0.0743. The number of ether oxygens (including phenoxy) is 3. The molecule has 0 saturated carbocycles. The van der Waals surface area contributed by atoms with E-state index in [4.69, 9.17) is 27.1 Å². The van der Waals surface area contributed by atoms with Gasteiger partial charge in [0.15, 0.2) is 11.5 Å². The average molecular weight is 470 g/mol. The molecule has 0 bridgehead atoms. The van der Waals surface area contributed by atoms with Crippen LogP contribution in [0.3, 0.4) is 0 Å². The van der Waals surface area contributed by atoms with Crippen LogP contribution in [-0.2, 0) is 22.4 Å². The molecule has 0 aliphatic rings. The van der Waals surface area contributed by atoms with E-state index in [9.17, 15) is 4.79 Å². The lowest BCUT2D eigenvalue weighted by atomic mass is 10.1. The number of hydrogen-bond donors (Lipinski definition) is 1. The predicted molar refractivity (Wildman–Crippen MR) is 120 cm³/mol. The summed E-state index contributed by atoms with van der Waals surface area (Å²) < 4.78 is 17.3. The summed E-state index contributed by atoms with van der Waals surface area (Å²) in [6, 6.07) is 13.3. The normalized spacial score (nSPS) is 11.1. The van der Waals surface area contributed by atoms with E-state index >= 15 is 0 Å². The fraction of sp³-hybridized carbons (Fsp3) is 0.292. The molecule has 1 atom stereocenters. The molecule has 2 rings (SSSR count). The molecule has 0 saturated heterocycles. The van der Waals surface area contributed by atoms with Gasteiger partial charge in [-0.25, -0.2) is 0 Å². The number of nitrogens with one attached hydrogen (secondary N) is 1. The molecule has 1 N–H and O–H groups in total. The molecule has 0 heterocycles. The molecular weight excluding hydrogens is 446 g/mol. The fourth-order valence-corrected chi connectivity index (χ4v) is 3.02. The zero-order chi connectivity index (χ0) is 21.8. The van der Waals surface area contributed by atoms with E-state index in [1.54, 1.807) is 13.2 Å². The lowest BCUT2D eigenvalue weighted by Gasteiger charge is -2.17. The van der Waals surface area contributed by atoms with E-state index < -0.39 is 6.10 Å². The highest BCUT2D eigenvalue weighted by Gasteiger charge is 2.19. The highest BCUT2D eigenvalue weighted by molar-refractivity contribution is 9.10. The largest absolute Gasteiger partial charge is 0.493 e. The van der Waals surface area contributed by atoms with Crippen LogP contribution in [0.1, 0.15) is 11.1 Å². The first-order valence-corrected chi connectivity index (χ1v) is 10.2. The second kappa shape index (κ2) is 12.6. The Labute approximate surface area is 186 Å².